The number of anilines is 1. The first kappa shape index (κ1) is 12.2. The molecule has 0 fully saturated rings. The van der Waals surface area contributed by atoms with Crippen molar-refractivity contribution in [3.63, 3.8) is 0 Å². The van der Waals surface area contributed by atoms with Crippen LogP contribution >= 0.6 is 0 Å². The zero-order valence-corrected chi connectivity index (χ0v) is 10.7. The number of hydrogen-bond acceptors (Lipinski definition) is 4. The van der Waals surface area contributed by atoms with Gasteiger partial charge in [-0.05, 0) is 42.3 Å². The molecule has 0 aliphatic carbocycles. The maximum absolute atomic E-state index is 5.59. The van der Waals surface area contributed by atoms with E-state index >= 15 is 0 Å². The van der Waals surface area contributed by atoms with Crippen LogP contribution in [0.1, 0.15) is 5.56 Å². The van der Waals surface area contributed by atoms with E-state index in [-0.39, 0.29) is 0 Å². The van der Waals surface area contributed by atoms with E-state index in [1.165, 1.54) is 0 Å². The van der Waals surface area contributed by atoms with Gasteiger partial charge in [-0.2, -0.15) is 0 Å². The number of benzene rings is 1. The van der Waals surface area contributed by atoms with Gasteiger partial charge in [0, 0.05) is 11.8 Å². The van der Waals surface area contributed by atoms with Crippen LogP contribution in [0.3, 0.4) is 0 Å². The van der Waals surface area contributed by atoms with Crippen molar-refractivity contribution in [1.29, 1.82) is 0 Å². The molecule has 0 radical (unpaired) electrons. The Bertz CT molecular complexity index is 550. The monoisotopic (exact) mass is 244 g/mol. The summed E-state index contributed by atoms with van der Waals surface area (Å²) in [5.41, 5.74) is 8.74. The molecule has 2 N–H and O–H groups in total. The van der Waals surface area contributed by atoms with Crippen LogP contribution in [0.25, 0.3) is 11.1 Å². The van der Waals surface area contributed by atoms with Crippen molar-refractivity contribution in [2.24, 2.45) is 0 Å². The molecule has 1 aromatic heterocycles. The van der Waals surface area contributed by atoms with Crippen molar-refractivity contribution in [3.8, 4) is 22.6 Å². The third kappa shape index (κ3) is 2.22. The summed E-state index contributed by atoms with van der Waals surface area (Å²) < 4.78 is 10.6. The third-order valence-corrected chi connectivity index (χ3v) is 2.83. The third-order valence-electron chi connectivity index (χ3n) is 2.83. The zero-order chi connectivity index (χ0) is 13.1. The average molecular weight is 244 g/mol. The molecule has 0 aliphatic heterocycles. The maximum Gasteiger partial charge on any atom is 0.161 e. The summed E-state index contributed by atoms with van der Waals surface area (Å²) in [6, 6.07) is 7.62. The van der Waals surface area contributed by atoms with Gasteiger partial charge in [-0.15, -0.1) is 0 Å². The molecule has 4 heteroatoms. The van der Waals surface area contributed by atoms with Gasteiger partial charge in [0.2, 0.25) is 0 Å². The number of aryl methyl sites for hydroxylation is 1. The summed E-state index contributed by atoms with van der Waals surface area (Å²) in [6.45, 7) is 2.02. The zero-order valence-electron chi connectivity index (χ0n) is 10.7. The molecule has 2 aromatic rings. The minimum atomic E-state index is 0.511. The van der Waals surface area contributed by atoms with Crippen LogP contribution in [0.15, 0.2) is 30.5 Å². The summed E-state index contributed by atoms with van der Waals surface area (Å²) in [7, 11) is 3.25. The van der Waals surface area contributed by atoms with Crippen LogP contribution < -0.4 is 15.2 Å². The van der Waals surface area contributed by atoms with E-state index in [9.17, 15) is 0 Å². The number of aromatic nitrogens is 1. The van der Waals surface area contributed by atoms with Gasteiger partial charge < -0.3 is 15.2 Å². The van der Waals surface area contributed by atoms with Gasteiger partial charge in [0.15, 0.2) is 11.5 Å². The van der Waals surface area contributed by atoms with Crippen molar-refractivity contribution in [1.82, 2.24) is 4.98 Å². The molecule has 18 heavy (non-hydrogen) atoms. The molecular weight excluding hydrogens is 228 g/mol. The lowest BCUT2D eigenvalue weighted by atomic mass is 10.0. The number of nitrogens with zero attached hydrogens (tertiary/aromatic N) is 1. The second-order valence-corrected chi connectivity index (χ2v) is 3.99. The van der Waals surface area contributed by atoms with Gasteiger partial charge in [0.25, 0.3) is 0 Å². The Balaban J connectivity index is 2.54. The van der Waals surface area contributed by atoms with Gasteiger partial charge in [-0.1, -0.05) is 0 Å². The lowest BCUT2D eigenvalue weighted by molar-refractivity contribution is 0.355. The van der Waals surface area contributed by atoms with Crippen molar-refractivity contribution >= 4 is 5.82 Å². The first-order chi connectivity index (χ1) is 8.65. The summed E-state index contributed by atoms with van der Waals surface area (Å²) in [4.78, 5) is 4.10. The van der Waals surface area contributed by atoms with E-state index in [2.05, 4.69) is 4.98 Å². The Morgan fingerprint density at radius 2 is 1.72 bits per heavy atom. The second kappa shape index (κ2) is 4.96. The van der Waals surface area contributed by atoms with E-state index in [0.29, 0.717) is 11.6 Å². The molecule has 0 amide bonds. The Morgan fingerprint density at radius 1 is 1.06 bits per heavy atom. The molecule has 4 nitrogen and oxygen atoms in total. The summed E-state index contributed by atoms with van der Waals surface area (Å²) >= 11 is 0. The number of ether oxygens (including phenoxy) is 2. The fourth-order valence-corrected chi connectivity index (χ4v) is 1.86. The van der Waals surface area contributed by atoms with Crippen LogP contribution in [0.4, 0.5) is 5.82 Å². The largest absolute Gasteiger partial charge is 0.493 e. The summed E-state index contributed by atoms with van der Waals surface area (Å²) in [5, 5.41) is 0. The molecule has 0 aliphatic rings. The molecule has 0 bridgehead atoms. The molecule has 0 unspecified atom stereocenters. The fourth-order valence-electron chi connectivity index (χ4n) is 1.86. The van der Waals surface area contributed by atoms with Crippen molar-refractivity contribution in [2.75, 3.05) is 20.0 Å². The lowest BCUT2D eigenvalue weighted by Gasteiger charge is -2.12. The van der Waals surface area contributed by atoms with E-state index < -0.39 is 0 Å². The van der Waals surface area contributed by atoms with Gasteiger partial charge in [0.1, 0.15) is 5.82 Å². The van der Waals surface area contributed by atoms with Gasteiger partial charge in [-0.3, -0.25) is 0 Å². The van der Waals surface area contributed by atoms with E-state index in [0.717, 1.165) is 22.4 Å². The highest BCUT2D eigenvalue weighted by Crippen LogP contribution is 2.35. The standard InChI is InChI=1S/C14H16N2O2/c1-9-6-12(17-2)13(18-3)7-11(9)10-4-5-14(15)16-8-10/h4-8H,1-3H3,(H2,15,16). The first-order valence-corrected chi connectivity index (χ1v) is 5.60. The number of rotatable bonds is 3. The molecule has 1 heterocycles. The molecular formula is C14H16N2O2. The fraction of sp³-hybridized carbons (Fsp3) is 0.214. The van der Waals surface area contributed by atoms with E-state index in [1.54, 1.807) is 26.5 Å². The number of nitrogen functional groups attached to an aromatic ring is 1. The number of nitrogens with two attached hydrogens (primary N) is 1. The van der Waals surface area contributed by atoms with Crippen LogP contribution in [0.5, 0.6) is 11.5 Å². The van der Waals surface area contributed by atoms with Crippen molar-refractivity contribution in [3.05, 3.63) is 36.0 Å². The van der Waals surface area contributed by atoms with E-state index in [4.69, 9.17) is 15.2 Å². The van der Waals surface area contributed by atoms with Crippen molar-refractivity contribution in [2.45, 2.75) is 6.92 Å². The molecule has 94 valence electrons. The maximum atomic E-state index is 5.59. The average Bonchev–Trinajstić information content (AvgIpc) is 2.39. The second-order valence-electron chi connectivity index (χ2n) is 3.99. The molecule has 0 atom stereocenters. The molecule has 2 rings (SSSR count). The SMILES string of the molecule is COc1cc(C)c(-c2ccc(N)nc2)cc1OC. The van der Waals surface area contributed by atoms with E-state index in [1.807, 2.05) is 25.1 Å². The first-order valence-electron chi connectivity index (χ1n) is 5.60. The highest BCUT2D eigenvalue weighted by atomic mass is 16.5. The normalized spacial score (nSPS) is 10.2. The van der Waals surface area contributed by atoms with Gasteiger partial charge >= 0.3 is 0 Å². The highest BCUT2D eigenvalue weighted by molar-refractivity contribution is 5.71. The minimum absolute atomic E-state index is 0.511. The van der Waals surface area contributed by atoms with Crippen LogP contribution in [-0.4, -0.2) is 19.2 Å². The summed E-state index contributed by atoms with van der Waals surface area (Å²) in [6.07, 6.45) is 1.75. The number of methoxy groups -OCH3 is 2. The van der Waals surface area contributed by atoms with Crippen molar-refractivity contribution < 1.29 is 9.47 Å². The Hall–Kier alpha value is -2.23. The van der Waals surface area contributed by atoms with Gasteiger partial charge in [-0.25, -0.2) is 4.98 Å². The van der Waals surface area contributed by atoms with Crippen LogP contribution in [0.2, 0.25) is 0 Å². The number of hydrogen-bond donors (Lipinski definition) is 1. The topological polar surface area (TPSA) is 57.4 Å². The number of pyridine rings is 1. The predicted octanol–water partition coefficient (Wildman–Crippen LogP) is 2.66. The summed E-state index contributed by atoms with van der Waals surface area (Å²) in [5.74, 6) is 1.94. The minimum Gasteiger partial charge on any atom is -0.493 e. The predicted molar refractivity (Wildman–Crippen MR) is 71.9 cm³/mol. The molecule has 0 spiro atoms. The quantitative estimate of drug-likeness (QED) is 0.901. The molecule has 0 saturated carbocycles. The smallest absolute Gasteiger partial charge is 0.161 e. The Kier molecular flexibility index (Phi) is 3.37. The lowest BCUT2D eigenvalue weighted by Crippen LogP contribution is -1.94. The van der Waals surface area contributed by atoms with Crippen LogP contribution in [0, 0.1) is 6.92 Å². The molecule has 0 saturated heterocycles. The highest BCUT2D eigenvalue weighted by Gasteiger charge is 2.10. The Morgan fingerprint density at radius 3 is 2.28 bits per heavy atom. The van der Waals surface area contributed by atoms with Crippen LogP contribution in [-0.2, 0) is 0 Å². The molecule has 1 aromatic carbocycles. The van der Waals surface area contributed by atoms with Gasteiger partial charge in [0.05, 0.1) is 14.2 Å². The Labute approximate surface area is 106 Å².